The number of hydrogen-bond donors (Lipinski definition) is 2. The average Bonchev–Trinajstić information content (AvgIpc) is 2.44. The van der Waals surface area contributed by atoms with Crippen LogP contribution in [0.3, 0.4) is 0 Å². The largest absolute Gasteiger partial charge is 0.398 e. The van der Waals surface area contributed by atoms with E-state index in [-0.39, 0.29) is 25.6 Å². The number of para-hydroxylation sites is 1. The number of methoxy groups -OCH3 is 1. The van der Waals surface area contributed by atoms with E-state index in [0.29, 0.717) is 18.9 Å². The third-order valence-electron chi connectivity index (χ3n) is 2.77. The van der Waals surface area contributed by atoms with Gasteiger partial charge in [-0.05, 0) is 11.6 Å². The van der Waals surface area contributed by atoms with Gasteiger partial charge in [0.25, 0.3) is 0 Å². The summed E-state index contributed by atoms with van der Waals surface area (Å²) in [6.07, 6.45) is 0. The summed E-state index contributed by atoms with van der Waals surface area (Å²) in [5, 5.41) is 0. The van der Waals surface area contributed by atoms with Crippen molar-refractivity contribution in [3.05, 3.63) is 29.8 Å². The molecule has 0 aromatic heterocycles. The van der Waals surface area contributed by atoms with E-state index in [1.165, 1.54) is 4.90 Å². The quantitative estimate of drug-likeness (QED) is 0.482. The second kappa shape index (κ2) is 8.93. The molecule has 0 bridgehead atoms. The van der Waals surface area contributed by atoms with E-state index in [1.54, 1.807) is 25.3 Å². The molecule has 0 atom stereocenters. The molecule has 2 amide bonds. The van der Waals surface area contributed by atoms with Gasteiger partial charge in [-0.2, -0.15) is 0 Å². The zero-order chi connectivity index (χ0) is 15.7. The van der Waals surface area contributed by atoms with Gasteiger partial charge >= 0.3 is 0 Å². The molecule has 116 valence electrons. The van der Waals surface area contributed by atoms with E-state index in [1.807, 2.05) is 6.07 Å². The monoisotopic (exact) mass is 295 g/mol. The van der Waals surface area contributed by atoms with E-state index in [9.17, 15) is 9.59 Å². The average molecular weight is 295 g/mol. The number of carbonyl (C=O) groups is 2. The van der Waals surface area contributed by atoms with Crippen LogP contribution in [-0.2, 0) is 25.6 Å². The van der Waals surface area contributed by atoms with Gasteiger partial charge in [-0.25, -0.2) is 0 Å². The summed E-state index contributed by atoms with van der Waals surface area (Å²) >= 11 is 0. The third kappa shape index (κ3) is 6.24. The summed E-state index contributed by atoms with van der Waals surface area (Å²) in [6.45, 7) is 0.598. The van der Waals surface area contributed by atoms with E-state index in [2.05, 4.69) is 0 Å². The van der Waals surface area contributed by atoms with Crippen LogP contribution in [0.2, 0.25) is 0 Å². The van der Waals surface area contributed by atoms with Crippen LogP contribution in [0.1, 0.15) is 5.56 Å². The Hall–Kier alpha value is -2.12. The van der Waals surface area contributed by atoms with Gasteiger partial charge in [0, 0.05) is 19.3 Å². The highest BCUT2D eigenvalue weighted by Crippen LogP contribution is 2.13. The number of benzene rings is 1. The molecule has 0 fully saturated rings. The fourth-order valence-electron chi connectivity index (χ4n) is 1.70. The minimum Gasteiger partial charge on any atom is -0.398 e. The van der Waals surface area contributed by atoms with Crippen LogP contribution in [0, 0.1) is 0 Å². The summed E-state index contributed by atoms with van der Waals surface area (Å²) in [5.41, 5.74) is 12.3. The molecule has 0 saturated heterocycles. The molecule has 7 heteroatoms. The first-order valence-corrected chi connectivity index (χ1v) is 6.50. The van der Waals surface area contributed by atoms with Gasteiger partial charge in [0.2, 0.25) is 11.8 Å². The Morgan fingerprint density at radius 3 is 2.57 bits per heavy atom. The lowest BCUT2D eigenvalue weighted by molar-refractivity contribution is -0.140. The Bertz CT molecular complexity index is 479. The predicted octanol–water partition coefficient (Wildman–Crippen LogP) is -0.254. The summed E-state index contributed by atoms with van der Waals surface area (Å²) in [5.74, 6) is -0.914. The second-order valence-corrected chi connectivity index (χ2v) is 4.46. The number of primary amides is 1. The highest BCUT2D eigenvalue weighted by atomic mass is 16.5. The smallest absolute Gasteiger partial charge is 0.249 e. The molecule has 0 radical (unpaired) electrons. The van der Waals surface area contributed by atoms with Crippen LogP contribution in [-0.4, -0.2) is 50.2 Å². The van der Waals surface area contributed by atoms with E-state index in [0.717, 1.165) is 5.56 Å². The summed E-state index contributed by atoms with van der Waals surface area (Å²) in [7, 11) is 1.54. The lowest BCUT2D eigenvalue weighted by atomic mass is 10.1. The molecule has 7 nitrogen and oxygen atoms in total. The number of carbonyl (C=O) groups excluding carboxylic acids is 2. The van der Waals surface area contributed by atoms with E-state index < -0.39 is 5.91 Å². The molecule has 0 aliphatic carbocycles. The first kappa shape index (κ1) is 16.9. The molecule has 21 heavy (non-hydrogen) atoms. The van der Waals surface area contributed by atoms with Crippen LogP contribution in [0.5, 0.6) is 0 Å². The Morgan fingerprint density at radius 1 is 1.24 bits per heavy atom. The maximum Gasteiger partial charge on any atom is 0.249 e. The summed E-state index contributed by atoms with van der Waals surface area (Å²) in [6, 6.07) is 7.14. The van der Waals surface area contributed by atoms with Crippen molar-refractivity contribution in [3.63, 3.8) is 0 Å². The molecule has 0 heterocycles. The number of amides is 2. The Kier molecular flexibility index (Phi) is 7.20. The molecule has 4 N–H and O–H groups in total. The fourth-order valence-corrected chi connectivity index (χ4v) is 1.70. The molecule has 1 aromatic rings. The molecule has 1 aromatic carbocycles. The normalized spacial score (nSPS) is 10.3. The number of rotatable bonds is 9. The molecule has 0 spiro atoms. The van der Waals surface area contributed by atoms with Gasteiger partial charge in [-0.1, -0.05) is 18.2 Å². The van der Waals surface area contributed by atoms with Crippen LogP contribution in [0.15, 0.2) is 24.3 Å². The molecular weight excluding hydrogens is 274 g/mol. The van der Waals surface area contributed by atoms with Crippen molar-refractivity contribution in [3.8, 4) is 0 Å². The highest BCUT2D eigenvalue weighted by Gasteiger charge is 2.17. The lowest BCUT2D eigenvalue weighted by Gasteiger charge is -2.22. The third-order valence-corrected chi connectivity index (χ3v) is 2.77. The first-order chi connectivity index (χ1) is 10.0. The van der Waals surface area contributed by atoms with Crippen molar-refractivity contribution in [1.82, 2.24) is 4.90 Å². The van der Waals surface area contributed by atoms with Crippen molar-refractivity contribution in [2.45, 2.75) is 6.54 Å². The predicted molar refractivity (Wildman–Crippen MR) is 78.2 cm³/mol. The Morgan fingerprint density at radius 2 is 1.95 bits per heavy atom. The number of nitrogen functional groups attached to an aromatic ring is 1. The molecular formula is C14H21N3O4. The van der Waals surface area contributed by atoms with Crippen LogP contribution in [0.4, 0.5) is 5.69 Å². The summed E-state index contributed by atoms with van der Waals surface area (Å²) < 4.78 is 9.99. The molecule has 0 aliphatic heterocycles. The Labute approximate surface area is 123 Å². The molecule has 0 saturated carbocycles. The van der Waals surface area contributed by atoms with Gasteiger partial charge in [0.15, 0.2) is 0 Å². The number of hydrogen-bond acceptors (Lipinski definition) is 5. The van der Waals surface area contributed by atoms with Gasteiger partial charge in [-0.3, -0.25) is 9.59 Å². The topological polar surface area (TPSA) is 108 Å². The molecule has 0 aliphatic rings. The molecule has 0 unspecified atom stereocenters. The first-order valence-electron chi connectivity index (χ1n) is 6.50. The van der Waals surface area contributed by atoms with Crippen LogP contribution >= 0.6 is 0 Å². The zero-order valence-electron chi connectivity index (χ0n) is 12.1. The van der Waals surface area contributed by atoms with E-state index in [4.69, 9.17) is 20.9 Å². The minimum atomic E-state index is -0.588. The Balaban J connectivity index is 2.64. The minimum absolute atomic E-state index is 0.136. The highest BCUT2D eigenvalue weighted by molar-refractivity contribution is 5.84. The zero-order valence-corrected chi connectivity index (χ0v) is 12.1. The standard InChI is InChI=1S/C14H21N3O4/c1-20-6-7-21-10-14(19)17(9-13(16)18)8-11-4-2-3-5-12(11)15/h2-5H,6-10,15H2,1H3,(H2,16,18). The van der Waals surface area contributed by atoms with Gasteiger partial charge in [0.05, 0.1) is 19.8 Å². The van der Waals surface area contributed by atoms with Crippen molar-refractivity contribution >= 4 is 17.5 Å². The second-order valence-electron chi connectivity index (χ2n) is 4.46. The summed E-state index contributed by atoms with van der Waals surface area (Å²) in [4.78, 5) is 24.5. The van der Waals surface area contributed by atoms with Crippen LogP contribution < -0.4 is 11.5 Å². The van der Waals surface area contributed by atoms with Crippen LogP contribution in [0.25, 0.3) is 0 Å². The lowest BCUT2D eigenvalue weighted by Crippen LogP contribution is -2.40. The SMILES string of the molecule is COCCOCC(=O)N(CC(N)=O)Cc1ccccc1N. The fraction of sp³-hybridized carbons (Fsp3) is 0.429. The van der Waals surface area contributed by atoms with Crippen molar-refractivity contribution in [1.29, 1.82) is 0 Å². The van der Waals surface area contributed by atoms with Crippen molar-refractivity contribution < 1.29 is 19.1 Å². The maximum absolute atomic E-state index is 12.1. The van der Waals surface area contributed by atoms with Crippen molar-refractivity contribution in [2.75, 3.05) is 39.2 Å². The number of nitrogens with two attached hydrogens (primary N) is 2. The van der Waals surface area contributed by atoms with Crippen molar-refractivity contribution in [2.24, 2.45) is 5.73 Å². The molecule has 1 rings (SSSR count). The van der Waals surface area contributed by atoms with Gasteiger partial charge in [-0.15, -0.1) is 0 Å². The number of ether oxygens (including phenoxy) is 2. The number of nitrogens with zero attached hydrogens (tertiary/aromatic N) is 1. The maximum atomic E-state index is 12.1. The number of anilines is 1. The van der Waals surface area contributed by atoms with Gasteiger partial charge in [0.1, 0.15) is 6.61 Å². The van der Waals surface area contributed by atoms with E-state index >= 15 is 0 Å². The van der Waals surface area contributed by atoms with Gasteiger partial charge < -0.3 is 25.8 Å².